The molecule has 5 nitrogen and oxygen atoms in total. The summed E-state index contributed by atoms with van der Waals surface area (Å²) in [7, 11) is 4.80. The minimum atomic E-state index is -0.138. The molecule has 2 N–H and O–H groups in total. The lowest BCUT2D eigenvalue weighted by molar-refractivity contribution is 0.0827. The molecule has 0 fully saturated rings. The summed E-state index contributed by atoms with van der Waals surface area (Å²) in [6, 6.07) is 4.82. The van der Waals surface area contributed by atoms with Gasteiger partial charge in [-0.15, -0.1) is 12.4 Å². The summed E-state index contributed by atoms with van der Waals surface area (Å²) in [5.41, 5.74) is 6.16. The van der Waals surface area contributed by atoms with Gasteiger partial charge in [-0.1, -0.05) is 0 Å². The van der Waals surface area contributed by atoms with E-state index in [-0.39, 0.29) is 31.5 Å². The molecule has 0 saturated heterocycles. The molecule has 0 heterocycles. The second-order valence-electron chi connectivity index (χ2n) is 4.33. The van der Waals surface area contributed by atoms with Crippen LogP contribution in [0.1, 0.15) is 10.4 Å². The second kappa shape index (κ2) is 9.20. The SMILES string of the molecule is COc1cc(C(=O)N(C)C)ccc1OCC(=CF)CN.Cl. The van der Waals surface area contributed by atoms with Gasteiger partial charge in [0.25, 0.3) is 5.91 Å². The highest BCUT2D eigenvalue weighted by Crippen LogP contribution is 2.28. The number of carbonyl (C=O) groups is 1. The monoisotopic (exact) mass is 318 g/mol. The van der Waals surface area contributed by atoms with Crippen LogP contribution in [0.25, 0.3) is 0 Å². The average Bonchev–Trinajstić information content (AvgIpc) is 2.47. The molecule has 1 amide bonds. The van der Waals surface area contributed by atoms with E-state index >= 15 is 0 Å². The van der Waals surface area contributed by atoms with Crippen molar-refractivity contribution in [1.82, 2.24) is 4.90 Å². The number of nitrogens with two attached hydrogens (primary N) is 1. The number of ether oxygens (including phenoxy) is 2. The Labute approximate surface area is 129 Å². The van der Waals surface area contributed by atoms with E-state index < -0.39 is 0 Å². The van der Waals surface area contributed by atoms with E-state index in [0.717, 1.165) is 0 Å². The fraction of sp³-hybridized carbons (Fsp3) is 0.357. The van der Waals surface area contributed by atoms with E-state index in [4.69, 9.17) is 15.2 Å². The largest absolute Gasteiger partial charge is 0.493 e. The lowest BCUT2D eigenvalue weighted by Gasteiger charge is -2.14. The highest BCUT2D eigenvalue weighted by atomic mass is 35.5. The maximum Gasteiger partial charge on any atom is 0.253 e. The minimum Gasteiger partial charge on any atom is -0.493 e. The first-order chi connectivity index (χ1) is 9.53. The van der Waals surface area contributed by atoms with E-state index in [9.17, 15) is 9.18 Å². The Morgan fingerprint density at radius 1 is 1.38 bits per heavy atom. The highest BCUT2D eigenvalue weighted by molar-refractivity contribution is 5.94. The first kappa shape index (κ1) is 19.2. The van der Waals surface area contributed by atoms with Crippen LogP contribution in [0.15, 0.2) is 30.1 Å². The molecule has 0 aliphatic rings. The van der Waals surface area contributed by atoms with Gasteiger partial charge < -0.3 is 20.1 Å². The van der Waals surface area contributed by atoms with Gasteiger partial charge in [0.1, 0.15) is 6.61 Å². The summed E-state index contributed by atoms with van der Waals surface area (Å²) >= 11 is 0. The van der Waals surface area contributed by atoms with Crippen molar-refractivity contribution >= 4 is 18.3 Å². The number of hydrogen-bond donors (Lipinski definition) is 1. The predicted molar refractivity (Wildman–Crippen MR) is 82.0 cm³/mol. The Bertz CT molecular complexity index is 507. The van der Waals surface area contributed by atoms with Gasteiger partial charge >= 0.3 is 0 Å². The molecular formula is C14H20ClFN2O3. The summed E-state index contributed by atoms with van der Waals surface area (Å²) < 4.78 is 23.0. The zero-order valence-electron chi connectivity index (χ0n) is 12.3. The molecule has 0 aromatic heterocycles. The van der Waals surface area contributed by atoms with Crippen LogP contribution in [0, 0.1) is 0 Å². The van der Waals surface area contributed by atoms with Crippen LogP contribution in [0.2, 0.25) is 0 Å². The first-order valence-electron chi connectivity index (χ1n) is 6.04. The van der Waals surface area contributed by atoms with Crippen LogP contribution < -0.4 is 15.2 Å². The Morgan fingerprint density at radius 3 is 2.52 bits per heavy atom. The molecule has 118 valence electrons. The number of halogens is 2. The zero-order valence-corrected chi connectivity index (χ0v) is 13.1. The second-order valence-corrected chi connectivity index (χ2v) is 4.33. The fourth-order valence-electron chi connectivity index (χ4n) is 1.48. The molecule has 0 radical (unpaired) electrons. The fourth-order valence-corrected chi connectivity index (χ4v) is 1.48. The van der Waals surface area contributed by atoms with Gasteiger partial charge in [0.05, 0.1) is 13.4 Å². The van der Waals surface area contributed by atoms with Crippen molar-refractivity contribution in [2.45, 2.75) is 0 Å². The molecule has 1 aromatic rings. The number of carbonyl (C=O) groups excluding carboxylic acids is 1. The third-order valence-electron chi connectivity index (χ3n) is 2.65. The van der Waals surface area contributed by atoms with Crippen molar-refractivity contribution in [3.8, 4) is 11.5 Å². The molecule has 7 heteroatoms. The average molecular weight is 319 g/mol. The van der Waals surface area contributed by atoms with Crippen LogP contribution in [-0.2, 0) is 0 Å². The van der Waals surface area contributed by atoms with Crippen LogP contribution in [0.5, 0.6) is 11.5 Å². The summed E-state index contributed by atoms with van der Waals surface area (Å²) in [4.78, 5) is 13.3. The lowest BCUT2D eigenvalue weighted by atomic mass is 10.2. The Balaban J connectivity index is 0.00000400. The Morgan fingerprint density at radius 2 is 2.05 bits per heavy atom. The molecule has 21 heavy (non-hydrogen) atoms. The summed E-state index contributed by atoms with van der Waals surface area (Å²) in [6.07, 6.45) is 0.427. The van der Waals surface area contributed by atoms with Gasteiger partial charge in [0.15, 0.2) is 11.5 Å². The Hall–Kier alpha value is -1.79. The molecule has 0 unspecified atom stereocenters. The van der Waals surface area contributed by atoms with Crippen LogP contribution in [0.3, 0.4) is 0 Å². The van der Waals surface area contributed by atoms with Crippen LogP contribution >= 0.6 is 12.4 Å². The van der Waals surface area contributed by atoms with E-state index in [1.165, 1.54) is 12.0 Å². The molecule has 0 spiro atoms. The van der Waals surface area contributed by atoms with E-state index in [1.807, 2.05) is 0 Å². The smallest absolute Gasteiger partial charge is 0.253 e. The molecule has 0 aliphatic heterocycles. The minimum absolute atomic E-state index is 0. The molecule has 0 atom stereocenters. The number of nitrogens with zero attached hydrogens (tertiary/aromatic N) is 1. The zero-order chi connectivity index (χ0) is 15.1. The van der Waals surface area contributed by atoms with Crippen molar-refractivity contribution in [1.29, 1.82) is 0 Å². The molecule has 0 bridgehead atoms. The number of amides is 1. The summed E-state index contributed by atoms with van der Waals surface area (Å²) in [6.45, 7) is 0.111. The number of methoxy groups -OCH3 is 1. The maximum absolute atomic E-state index is 12.4. The van der Waals surface area contributed by atoms with Crippen molar-refractivity contribution in [3.63, 3.8) is 0 Å². The Kier molecular flexibility index (Phi) is 8.42. The number of benzene rings is 1. The van der Waals surface area contributed by atoms with Crippen molar-refractivity contribution < 1.29 is 18.7 Å². The van der Waals surface area contributed by atoms with Crippen molar-refractivity contribution in [3.05, 3.63) is 35.7 Å². The highest BCUT2D eigenvalue weighted by Gasteiger charge is 2.12. The number of rotatable bonds is 6. The molecule has 1 rings (SSSR count). The molecule has 0 saturated carbocycles. The maximum atomic E-state index is 12.4. The quantitative estimate of drug-likeness (QED) is 0.871. The first-order valence-corrected chi connectivity index (χ1v) is 6.04. The molecular weight excluding hydrogens is 299 g/mol. The topological polar surface area (TPSA) is 64.8 Å². The van der Waals surface area contributed by atoms with Crippen molar-refractivity contribution in [2.75, 3.05) is 34.4 Å². The van der Waals surface area contributed by atoms with Gasteiger partial charge in [-0.2, -0.15) is 0 Å². The normalized spacial score (nSPS) is 10.6. The van der Waals surface area contributed by atoms with E-state index in [1.54, 1.807) is 32.3 Å². The van der Waals surface area contributed by atoms with Crippen LogP contribution in [-0.4, -0.2) is 45.2 Å². The third-order valence-corrected chi connectivity index (χ3v) is 2.65. The van der Waals surface area contributed by atoms with Gasteiger partial charge in [0, 0.05) is 31.8 Å². The van der Waals surface area contributed by atoms with Gasteiger partial charge in [-0.3, -0.25) is 4.79 Å². The molecule has 1 aromatic carbocycles. The summed E-state index contributed by atoms with van der Waals surface area (Å²) in [5.74, 6) is 0.699. The summed E-state index contributed by atoms with van der Waals surface area (Å²) in [5, 5.41) is 0. The van der Waals surface area contributed by atoms with E-state index in [2.05, 4.69) is 0 Å². The third kappa shape index (κ3) is 5.24. The lowest BCUT2D eigenvalue weighted by Crippen LogP contribution is -2.21. The van der Waals surface area contributed by atoms with Crippen LogP contribution in [0.4, 0.5) is 4.39 Å². The standard InChI is InChI=1S/C14H19FN2O3.ClH/c1-17(2)14(18)11-4-5-12(13(6-11)19-3)20-9-10(7-15)8-16;/h4-7H,8-9,16H2,1-3H3;1H. The molecule has 0 aliphatic carbocycles. The van der Waals surface area contributed by atoms with E-state index in [0.29, 0.717) is 29.0 Å². The number of hydrogen-bond acceptors (Lipinski definition) is 4. The van der Waals surface area contributed by atoms with Gasteiger partial charge in [-0.05, 0) is 18.2 Å². The van der Waals surface area contributed by atoms with Crippen molar-refractivity contribution in [2.24, 2.45) is 5.73 Å². The predicted octanol–water partition coefficient (Wildman–Crippen LogP) is 2.01. The van der Waals surface area contributed by atoms with Gasteiger partial charge in [-0.25, -0.2) is 4.39 Å². The van der Waals surface area contributed by atoms with Gasteiger partial charge in [0.2, 0.25) is 0 Å².